The van der Waals surface area contributed by atoms with Crippen LogP contribution in [0.15, 0.2) is 41.3 Å². The molecule has 1 amide bonds. The Morgan fingerprint density at radius 3 is 2.68 bits per heavy atom. The monoisotopic (exact) mass is 456 g/mol. The third-order valence-corrected chi connectivity index (χ3v) is 7.47. The van der Waals surface area contributed by atoms with E-state index in [-0.39, 0.29) is 17.1 Å². The maximum atomic E-state index is 13.2. The van der Waals surface area contributed by atoms with Crippen LogP contribution in [0.5, 0.6) is 0 Å². The number of hydrogen-bond acceptors (Lipinski definition) is 4. The predicted octanol–water partition coefficient (Wildman–Crippen LogP) is 4.14. The fraction of sp³-hybridized carbons (Fsp3) is 0.273. The summed E-state index contributed by atoms with van der Waals surface area (Å²) in [6.07, 6.45) is 2.24. The van der Waals surface area contributed by atoms with Crippen LogP contribution in [-0.4, -0.2) is 37.2 Å². The Hall–Kier alpha value is -2.86. The van der Waals surface area contributed by atoms with Crippen molar-refractivity contribution >= 4 is 44.1 Å². The number of hydrogen-bond donors (Lipinski definition) is 2. The molecule has 1 aliphatic carbocycles. The van der Waals surface area contributed by atoms with Crippen molar-refractivity contribution in [2.45, 2.75) is 30.6 Å². The number of nitrogens with one attached hydrogen (secondary N) is 2. The Bertz CT molecular complexity index is 1340. The van der Waals surface area contributed by atoms with Crippen LogP contribution in [0.25, 0.3) is 10.9 Å². The first-order valence-corrected chi connectivity index (χ1v) is 11.6. The lowest BCUT2D eigenvalue weighted by molar-refractivity contribution is -0.116. The Labute approximate surface area is 185 Å². The van der Waals surface area contributed by atoms with E-state index in [4.69, 9.17) is 16.9 Å². The van der Waals surface area contributed by atoms with E-state index in [0.29, 0.717) is 27.5 Å². The van der Waals surface area contributed by atoms with Gasteiger partial charge in [0, 0.05) is 23.1 Å². The molecule has 1 saturated carbocycles. The van der Waals surface area contributed by atoms with Gasteiger partial charge in [0.05, 0.1) is 12.1 Å². The number of carbonyl (C=O) groups is 1. The standard InChI is InChI=1S/C22H21ClN4O3S/c1-13-7-15-9-17(11-24)26-22(15)20(8-13)31(29,30)27(2)12-21(28)25-16-5-6-18(14-3-4-14)19(23)10-16/h5-10,14,26H,3-4,12H2,1-2H3,(H,25,28). The number of benzene rings is 2. The highest BCUT2D eigenvalue weighted by atomic mass is 35.5. The number of carbonyl (C=O) groups excluding carboxylic acids is 1. The van der Waals surface area contributed by atoms with E-state index >= 15 is 0 Å². The molecule has 0 saturated heterocycles. The quantitative estimate of drug-likeness (QED) is 0.581. The number of likely N-dealkylation sites (N-methyl/N-ethyl adjacent to an activating group) is 1. The zero-order chi connectivity index (χ0) is 22.3. The second kappa shape index (κ2) is 8.00. The van der Waals surface area contributed by atoms with E-state index in [1.54, 1.807) is 31.2 Å². The number of nitriles is 1. The summed E-state index contributed by atoms with van der Waals surface area (Å²) < 4.78 is 27.4. The highest BCUT2D eigenvalue weighted by Gasteiger charge is 2.27. The first-order valence-electron chi connectivity index (χ1n) is 9.78. The van der Waals surface area contributed by atoms with E-state index in [1.807, 2.05) is 12.1 Å². The normalized spacial score (nSPS) is 14.0. The maximum absolute atomic E-state index is 13.2. The lowest BCUT2D eigenvalue weighted by atomic mass is 10.1. The van der Waals surface area contributed by atoms with Gasteiger partial charge in [0.2, 0.25) is 15.9 Å². The molecule has 9 heteroatoms. The number of anilines is 1. The zero-order valence-corrected chi connectivity index (χ0v) is 18.6. The fourth-order valence-corrected chi connectivity index (χ4v) is 5.32. The minimum atomic E-state index is -3.98. The van der Waals surface area contributed by atoms with Crippen molar-refractivity contribution < 1.29 is 13.2 Å². The van der Waals surface area contributed by atoms with Crippen molar-refractivity contribution in [1.82, 2.24) is 9.29 Å². The molecular weight excluding hydrogens is 436 g/mol. The number of H-pyrrole nitrogens is 1. The van der Waals surface area contributed by atoms with Crippen molar-refractivity contribution in [1.29, 1.82) is 5.26 Å². The minimum absolute atomic E-state index is 0.0242. The third-order valence-electron chi connectivity index (χ3n) is 5.31. The Balaban J connectivity index is 1.54. The number of fused-ring (bicyclic) bond motifs is 1. The summed E-state index contributed by atoms with van der Waals surface area (Å²) in [4.78, 5) is 15.4. The Morgan fingerprint density at radius 2 is 2.03 bits per heavy atom. The van der Waals surface area contributed by atoms with Crippen molar-refractivity contribution in [3.63, 3.8) is 0 Å². The van der Waals surface area contributed by atoms with Gasteiger partial charge in [0.25, 0.3) is 0 Å². The minimum Gasteiger partial charge on any atom is -0.345 e. The van der Waals surface area contributed by atoms with Gasteiger partial charge in [-0.3, -0.25) is 4.79 Å². The Kier molecular flexibility index (Phi) is 5.52. The number of sulfonamides is 1. The molecule has 160 valence electrons. The summed E-state index contributed by atoms with van der Waals surface area (Å²) in [6, 6.07) is 12.3. The number of amides is 1. The molecule has 7 nitrogen and oxygen atoms in total. The first-order chi connectivity index (χ1) is 14.7. The number of aryl methyl sites for hydroxylation is 1. The van der Waals surface area contributed by atoms with Crippen LogP contribution in [0.1, 0.15) is 35.6 Å². The maximum Gasteiger partial charge on any atom is 0.245 e. The summed E-state index contributed by atoms with van der Waals surface area (Å²) in [5.41, 5.74) is 2.94. The van der Waals surface area contributed by atoms with Crippen LogP contribution >= 0.6 is 11.6 Å². The van der Waals surface area contributed by atoms with Crippen LogP contribution in [-0.2, 0) is 14.8 Å². The molecule has 2 aromatic carbocycles. The van der Waals surface area contributed by atoms with Gasteiger partial charge in [-0.1, -0.05) is 17.7 Å². The number of aromatic nitrogens is 1. The number of nitrogens with zero attached hydrogens (tertiary/aromatic N) is 2. The van der Waals surface area contributed by atoms with Crippen molar-refractivity contribution in [3.8, 4) is 6.07 Å². The molecule has 4 rings (SSSR count). The molecule has 2 N–H and O–H groups in total. The molecule has 0 unspecified atom stereocenters. The molecule has 3 aromatic rings. The summed E-state index contributed by atoms with van der Waals surface area (Å²) in [6.45, 7) is 1.41. The largest absolute Gasteiger partial charge is 0.345 e. The van der Waals surface area contributed by atoms with Gasteiger partial charge < -0.3 is 10.3 Å². The van der Waals surface area contributed by atoms with Crippen LogP contribution in [0.2, 0.25) is 5.02 Å². The topological polar surface area (TPSA) is 106 Å². The fourth-order valence-electron chi connectivity index (χ4n) is 3.60. The predicted molar refractivity (Wildman–Crippen MR) is 120 cm³/mol. The molecule has 0 radical (unpaired) electrons. The lowest BCUT2D eigenvalue weighted by Gasteiger charge is -2.18. The second-order valence-corrected chi connectivity index (χ2v) is 10.3. The Morgan fingerprint density at radius 1 is 1.29 bits per heavy atom. The van der Waals surface area contributed by atoms with Crippen molar-refractivity contribution in [3.05, 3.63) is 58.2 Å². The van der Waals surface area contributed by atoms with Crippen LogP contribution < -0.4 is 5.32 Å². The zero-order valence-electron chi connectivity index (χ0n) is 17.1. The third kappa shape index (κ3) is 4.30. The first kappa shape index (κ1) is 21.4. The van der Waals surface area contributed by atoms with Crippen molar-refractivity contribution in [2.24, 2.45) is 0 Å². The lowest BCUT2D eigenvalue weighted by Crippen LogP contribution is -2.35. The van der Waals surface area contributed by atoms with Gasteiger partial charge in [-0.05, 0) is 67.1 Å². The van der Waals surface area contributed by atoms with E-state index < -0.39 is 15.9 Å². The summed E-state index contributed by atoms with van der Waals surface area (Å²) in [5.74, 6) is 0.0173. The van der Waals surface area contributed by atoms with Crippen LogP contribution in [0, 0.1) is 18.3 Å². The molecule has 0 spiro atoms. The number of aromatic amines is 1. The van der Waals surface area contributed by atoms with Gasteiger partial charge in [0.1, 0.15) is 16.7 Å². The number of halogens is 1. The van der Waals surface area contributed by atoms with Crippen LogP contribution in [0.4, 0.5) is 5.69 Å². The molecule has 0 atom stereocenters. The van der Waals surface area contributed by atoms with E-state index in [2.05, 4.69) is 10.3 Å². The molecule has 0 aliphatic heterocycles. The highest BCUT2D eigenvalue weighted by Crippen LogP contribution is 2.43. The summed E-state index contributed by atoms with van der Waals surface area (Å²) >= 11 is 6.31. The molecule has 1 aliphatic rings. The molecule has 31 heavy (non-hydrogen) atoms. The molecule has 1 fully saturated rings. The SMILES string of the molecule is Cc1cc(S(=O)(=O)N(C)CC(=O)Nc2ccc(C3CC3)c(Cl)c2)c2[nH]c(C#N)cc2c1. The van der Waals surface area contributed by atoms with Gasteiger partial charge in [-0.2, -0.15) is 9.57 Å². The smallest absolute Gasteiger partial charge is 0.245 e. The van der Waals surface area contributed by atoms with E-state index in [1.165, 1.54) is 13.1 Å². The van der Waals surface area contributed by atoms with Gasteiger partial charge in [-0.15, -0.1) is 0 Å². The van der Waals surface area contributed by atoms with Crippen molar-refractivity contribution in [2.75, 3.05) is 18.9 Å². The van der Waals surface area contributed by atoms with Gasteiger partial charge in [-0.25, -0.2) is 8.42 Å². The summed E-state index contributed by atoms with van der Waals surface area (Å²) in [5, 5.41) is 13.1. The molecular formula is C22H21ClN4O3S. The average Bonchev–Trinajstić information content (AvgIpc) is 3.45. The molecule has 0 bridgehead atoms. The van der Waals surface area contributed by atoms with Gasteiger partial charge >= 0.3 is 0 Å². The average molecular weight is 457 g/mol. The molecule has 1 aromatic heterocycles. The highest BCUT2D eigenvalue weighted by molar-refractivity contribution is 7.89. The number of rotatable bonds is 6. The van der Waals surface area contributed by atoms with E-state index in [9.17, 15) is 13.2 Å². The summed E-state index contributed by atoms with van der Waals surface area (Å²) in [7, 11) is -2.63. The van der Waals surface area contributed by atoms with E-state index in [0.717, 1.165) is 28.3 Å². The second-order valence-electron chi connectivity index (χ2n) is 7.84. The van der Waals surface area contributed by atoms with Gasteiger partial charge in [0.15, 0.2) is 0 Å². The van der Waals surface area contributed by atoms with Crippen LogP contribution in [0.3, 0.4) is 0 Å². The molecule has 1 heterocycles.